The molecule has 1 heterocycles. The number of likely N-dealkylation sites (tertiary alicyclic amines) is 1. The molecule has 3 aliphatic carbocycles. The summed E-state index contributed by atoms with van der Waals surface area (Å²) >= 11 is 1.30. The number of urea groups is 1. The van der Waals surface area contributed by atoms with Gasteiger partial charge in [0.2, 0.25) is 17.6 Å². The Labute approximate surface area is 290 Å². The summed E-state index contributed by atoms with van der Waals surface area (Å²) in [6.07, 6.45) is 12.4. The molecule has 4 unspecified atom stereocenters. The van der Waals surface area contributed by atoms with E-state index in [2.05, 4.69) is 41.0 Å². The lowest BCUT2D eigenvalue weighted by atomic mass is 9.81. The van der Waals surface area contributed by atoms with E-state index >= 15 is 0 Å². The van der Waals surface area contributed by atoms with E-state index in [4.69, 9.17) is 10.0 Å². The van der Waals surface area contributed by atoms with Crippen LogP contribution in [0.3, 0.4) is 0 Å². The molecule has 4 fully saturated rings. The minimum absolute atomic E-state index is 0.0542. The molecule has 1 saturated heterocycles. The van der Waals surface area contributed by atoms with Gasteiger partial charge in [0.05, 0.1) is 12.1 Å². The summed E-state index contributed by atoms with van der Waals surface area (Å²) in [5.74, 6) is -2.19. The van der Waals surface area contributed by atoms with Gasteiger partial charge in [-0.25, -0.2) is 13.4 Å². The van der Waals surface area contributed by atoms with Crippen molar-refractivity contribution in [3.05, 3.63) is 0 Å². The topological polar surface area (TPSA) is 166 Å². The highest BCUT2D eigenvalue weighted by molar-refractivity contribution is 7.92. The number of carbonyl (C=O) groups excluding carboxylic acids is 5. The molecule has 0 bridgehead atoms. The molecule has 3 saturated carbocycles. The van der Waals surface area contributed by atoms with Gasteiger partial charge >= 0.3 is 6.03 Å². The summed E-state index contributed by atoms with van der Waals surface area (Å²) in [7, 11) is 3.85. The van der Waals surface area contributed by atoms with Crippen LogP contribution in [0.4, 0.5) is 4.79 Å². The zero-order valence-electron chi connectivity index (χ0n) is 29.6. The van der Waals surface area contributed by atoms with E-state index in [1.54, 1.807) is 9.96 Å². The first-order valence-corrected chi connectivity index (χ1v) is 18.7. The Morgan fingerprint density at radius 2 is 1.58 bits per heavy atom. The second-order valence-corrected chi connectivity index (χ2v) is 16.4. The molecule has 5 amide bonds. The number of amides is 5. The van der Waals surface area contributed by atoms with Crippen LogP contribution in [0, 0.1) is 17.3 Å². The lowest BCUT2D eigenvalue weighted by molar-refractivity contribution is -0.143. The van der Waals surface area contributed by atoms with Crippen LogP contribution in [0.5, 0.6) is 0 Å². The smallest absolute Gasteiger partial charge is 0.315 e. The third-order valence-corrected chi connectivity index (χ3v) is 11.5. The first-order valence-electron chi connectivity index (χ1n) is 18.0. The van der Waals surface area contributed by atoms with Crippen LogP contribution in [-0.4, -0.2) is 101 Å². The number of nitrogens with two attached hydrogens (primary N) is 1. The number of nitrogens with zero attached hydrogens (tertiary/aromatic N) is 3. The van der Waals surface area contributed by atoms with Gasteiger partial charge in [0.15, 0.2) is 0 Å². The van der Waals surface area contributed by atoms with Crippen molar-refractivity contribution >= 4 is 41.8 Å². The quantitative estimate of drug-likeness (QED) is 0.0774. The fraction of sp³-hybridized carbons (Fsp3) is 0.853. The number of hydrogen-bond donors (Lipinski definition) is 4. The Hall–Kier alpha value is -2.42. The van der Waals surface area contributed by atoms with Crippen molar-refractivity contribution in [2.24, 2.45) is 23.0 Å². The predicted molar refractivity (Wildman–Crippen MR) is 185 cm³/mol. The third-order valence-electron chi connectivity index (χ3n) is 10.6. The van der Waals surface area contributed by atoms with Gasteiger partial charge in [-0.05, 0) is 75.7 Å². The predicted octanol–water partition coefficient (Wildman–Crippen LogP) is 3.28. The number of hydroxylamine groups is 2. The summed E-state index contributed by atoms with van der Waals surface area (Å²) in [4.78, 5) is 67.5. The Morgan fingerprint density at radius 1 is 0.896 bits per heavy atom. The number of ketones is 1. The summed E-state index contributed by atoms with van der Waals surface area (Å²) < 4.78 is 7.98. The fourth-order valence-corrected chi connectivity index (χ4v) is 7.61. The summed E-state index contributed by atoms with van der Waals surface area (Å²) in [6.45, 7) is 6.96. The molecular weight excluding hydrogens is 634 g/mol. The van der Waals surface area contributed by atoms with E-state index in [-0.39, 0.29) is 23.3 Å². The molecule has 0 aromatic carbocycles. The summed E-state index contributed by atoms with van der Waals surface area (Å²) in [6, 6.07) is -2.77. The van der Waals surface area contributed by atoms with E-state index in [1.165, 1.54) is 25.1 Å². The van der Waals surface area contributed by atoms with Gasteiger partial charge in [0.1, 0.15) is 24.3 Å². The molecule has 272 valence electrons. The number of carbonyl (C=O) groups is 5. The van der Waals surface area contributed by atoms with Gasteiger partial charge in [-0.2, -0.15) is 5.06 Å². The Kier molecular flexibility index (Phi) is 14.0. The largest absolute Gasteiger partial charge is 0.363 e. The molecule has 4 rings (SSSR count). The number of Topliss-reactive ketones (excluding diaryl/α,β-unsaturated/α-hetero) is 1. The van der Waals surface area contributed by atoms with E-state index < -0.39 is 41.8 Å². The standard InChI is InChI=1S/C34H59N7O6S/c1-34(2,3)27(21-39(4)47-48-40(5)24-17-18-24)37-33(46)38-28(23-13-7-6-8-14-23)32(45)41-20-10-15-26(41)31(44)36-25(29(42)30(35)43)19-16-22-11-9-12-22/h22-28H,6-21H2,1-5H3,(H2,35,43)(H,36,44)(H2,37,38,46). The highest BCUT2D eigenvalue weighted by Crippen LogP contribution is 2.33. The van der Waals surface area contributed by atoms with Gasteiger partial charge in [0.25, 0.3) is 5.91 Å². The van der Waals surface area contributed by atoms with Gasteiger partial charge in [0, 0.05) is 26.2 Å². The minimum Gasteiger partial charge on any atom is -0.363 e. The molecular formula is C34H59N7O6S. The molecule has 14 heteroatoms. The Morgan fingerprint density at radius 3 is 2.17 bits per heavy atom. The van der Waals surface area contributed by atoms with Crippen molar-refractivity contribution in [1.82, 2.24) is 30.2 Å². The van der Waals surface area contributed by atoms with Crippen molar-refractivity contribution in [3.8, 4) is 0 Å². The molecule has 0 aromatic rings. The lowest BCUT2D eigenvalue weighted by Gasteiger charge is -2.37. The fourth-order valence-electron chi connectivity index (χ4n) is 7.00. The van der Waals surface area contributed by atoms with Crippen LogP contribution in [0.25, 0.3) is 0 Å². The summed E-state index contributed by atoms with van der Waals surface area (Å²) in [5.41, 5.74) is 5.02. The van der Waals surface area contributed by atoms with E-state index in [1.807, 2.05) is 14.1 Å². The first kappa shape index (κ1) is 38.4. The molecule has 0 spiro atoms. The lowest BCUT2D eigenvalue weighted by Crippen LogP contribution is -2.60. The second kappa shape index (κ2) is 17.5. The minimum atomic E-state index is -1.07. The zero-order chi connectivity index (χ0) is 35.0. The van der Waals surface area contributed by atoms with Crippen molar-refractivity contribution in [2.45, 2.75) is 141 Å². The van der Waals surface area contributed by atoms with Crippen LogP contribution < -0.4 is 21.7 Å². The maximum atomic E-state index is 14.3. The Bertz CT molecular complexity index is 1140. The number of rotatable bonds is 17. The summed E-state index contributed by atoms with van der Waals surface area (Å²) in [5, 5.41) is 10.6. The average Bonchev–Trinajstić information content (AvgIpc) is 3.76. The van der Waals surface area contributed by atoms with E-state index in [9.17, 15) is 24.0 Å². The average molecular weight is 694 g/mol. The van der Waals surface area contributed by atoms with Gasteiger partial charge in [-0.15, -0.1) is 0 Å². The van der Waals surface area contributed by atoms with Gasteiger partial charge in [-0.3, -0.25) is 19.2 Å². The van der Waals surface area contributed by atoms with Crippen molar-refractivity contribution in [3.63, 3.8) is 0 Å². The SMILES string of the molecule is CN(CC(NC(=O)NC(C(=O)N1CCCC1C(=O)NC(CCC1CCC1)C(=O)C(N)=O)C1CCCCC1)C(C)(C)C)OSN(C)C1CC1. The van der Waals surface area contributed by atoms with Gasteiger partial charge < -0.3 is 26.6 Å². The third kappa shape index (κ3) is 11.0. The van der Waals surface area contributed by atoms with Crippen LogP contribution in [-0.2, 0) is 23.5 Å². The van der Waals surface area contributed by atoms with Crippen molar-refractivity contribution < 1.29 is 28.3 Å². The highest BCUT2D eigenvalue weighted by Gasteiger charge is 2.42. The van der Waals surface area contributed by atoms with Gasteiger partial charge in [-0.1, -0.05) is 59.3 Å². The van der Waals surface area contributed by atoms with Crippen molar-refractivity contribution in [2.75, 3.05) is 27.2 Å². The van der Waals surface area contributed by atoms with Crippen LogP contribution >= 0.6 is 12.2 Å². The van der Waals surface area contributed by atoms with E-state index in [0.29, 0.717) is 44.3 Å². The van der Waals surface area contributed by atoms with Crippen LogP contribution in [0.2, 0.25) is 0 Å². The molecule has 4 aliphatic rings. The second-order valence-electron chi connectivity index (χ2n) is 15.5. The molecule has 0 aromatic heterocycles. The van der Waals surface area contributed by atoms with Crippen molar-refractivity contribution in [1.29, 1.82) is 0 Å². The normalized spacial score (nSPS) is 22.6. The molecule has 0 radical (unpaired) electrons. The number of primary amides is 1. The molecule has 13 nitrogen and oxygen atoms in total. The molecule has 4 atom stereocenters. The van der Waals surface area contributed by atoms with Crippen LogP contribution in [0.15, 0.2) is 0 Å². The number of likely N-dealkylation sites (N-methyl/N-ethyl adjacent to an activating group) is 1. The molecule has 1 aliphatic heterocycles. The molecule has 5 N–H and O–H groups in total. The maximum Gasteiger partial charge on any atom is 0.315 e. The molecule has 48 heavy (non-hydrogen) atoms. The maximum absolute atomic E-state index is 14.3. The number of nitrogens with one attached hydrogen (secondary N) is 3. The van der Waals surface area contributed by atoms with Crippen LogP contribution in [0.1, 0.15) is 111 Å². The first-order chi connectivity index (χ1) is 22.7. The monoisotopic (exact) mass is 693 g/mol. The zero-order valence-corrected chi connectivity index (χ0v) is 30.4. The van der Waals surface area contributed by atoms with E-state index in [0.717, 1.165) is 57.8 Å². The Balaban J connectivity index is 1.41. The number of hydrogen-bond acceptors (Lipinski definition) is 9. The highest BCUT2D eigenvalue weighted by atomic mass is 32.2.